The molecule has 6 rings (SSSR count). The number of benzene rings is 2. The number of fused-ring (bicyclic) bond motifs is 2. The fraction of sp³-hybridized carbons (Fsp3) is 0.500. The molecular formula is C38H50N2O11S2. The smallest absolute Gasteiger partial charge is 0.373 e. The van der Waals surface area contributed by atoms with Gasteiger partial charge in [0.2, 0.25) is 0 Å². The van der Waals surface area contributed by atoms with Crippen LogP contribution < -0.4 is 0 Å². The molecule has 1 atom stereocenters. The van der Waals surface area contributed by atoms with Crippen LogP contribution in [0.1, 0.15) is 37.3 Å². The van der Waals surface area contributed by atoms with Gasteiger partial charge in [-0.1, -0.05) is 24.3 Å². The third-order valence-corrected chi connectivity index (χ3v) is 10.3. The average molecular weight is 775 g/mol. The Morgan fingerprint density at radius 3 is 1.51 bits per heavy atom. The van der Waals surface area contributed by atoms with Gasteiger partial charge in [-0.05, 0) is 89.5 Å². The first-order valence-corrected chi connectivity index (χ1v) is 19.2. The summed E-state index contributed by atoms with van der Waals surface area (Å²) in [4.78, 5) is 40.7. The Morgan fingerprint density at radius 2 is 1.17 bits per heavy atom. The number of ether oxygens (including phenoxy) is 2. The Kier molecular flexibility index (Phi) is 19.2. The second-order valence-corrected chi connectivity index (χ2v) is 15.0. The van der Waals surface area contributed by atoms with Crippen molar-refractivity contribution in [3.05, 3.63) is 70.4 Å². The molecule has 0 radical (unpaired) electrons. The number of thiophene rings is 2. The van der Waals surface area contributed by atoms with Crippen LogP contribution in [-0.4, -0.2) is 137 Å². The van der Waals surface area contributed by atoms with Crippen molar-refractivity contribution in [2.75, 3.05) is 65.7 Å². The van der Waals surface area contributed by atoms with Gasteiger partial charge in [0.15, 0.2) is 5.60 Å². The number of aliphatic carboxylic acids is 2. The normalized spacial score (nSPS) is 15.7. The molecular weight excluding hydrogens is 725 g/mol. The number of carboxylic acids is 2. The number of nitrogens with zero attached hydrogens (tertiary/aromatic N) is 2. The van der Waals surface area contributed by atoms with Crippen molar-refractivity contribution in [2.24, 2.45) is 0 Å². The van der Waals surface area contributed by atoms with Gasteiger partial charge in [0, 0.05) is 61.9 Å². The zero-order valence-electron chi connectivity index (χ0n) is 29.9. The predicted molar refractivity (Wildman–Crippen MR) is 202 cm³/mol. The highest BCUT2D eigenvalue weighted by Crippen LogP contribution is 2.23. The van der Waals surface area contributed by atoms with Gasteiger partial charge in [-0.2, -0.15) is 9.59 Å². The maximum absolute atomic E-state index is 10.0. The summed E-state index contributed by atoms with van der Waals surface area (Å²) in [5.41, 5.74) is 0.537. The summed E-state index contributed by atoms with van der Waals surface area (Å²) >= 11 is 3.58. The minimum atomic E-state index is -2.16. The molecule has 2 fully saturated rings. The SMILES string of the molecule is CC(O)(CC(=O)O)C(=O)O.O=C=O.OC1CN(CCCOCCc2ccc3sccc3c2)C1.OC1CN(CCCOCCc2ccc3sccc3c2)C1. The van der Waals surface area contributed by atoms with E-state index in [1.165, 1.54) is 31.3 Å². The number of carbonyl (C=O) groups is 2. The highest BCUT2D eigenvalue weighted by atomic mass is 32.1. The van der Waals surface area contributed by atoms with Gasteiger partial charge in [0.05, 0.1) is 31.8 Å². The first-order valence-electron chi connectivity index (χ1n) is 17.5. The number of carboxylic acid groups (broad SMARTS) is 2. The lowest BCUT2D eigenvalue weighted by molar-refractivity contribution is -0.191. The van der Waals surface area contributed by atoms with E-state index in [1.54, 1.807) is 22.7 Å². The zero-order valence-corrected chi connectivity index (χ0v) is 31.6. The standard InChI is InChI=1S/2C16H21NO2S.C5H8O5.CO2/c2*18-15-11-17(12-15)6-1-7-19-8-4-13-2-3-16-14(10-13)5-9-20-16;1-5(10,4(8)9)2-3(6)7;2-1-3/h2*2-3,5,9-10,15,18H,1,4,6-8,11-12H2;10H,2H2,1H3,(H,6,7)(H,8,9);. The largest absolute Gasteiger partial charge is 0.481 e. The van der Waals surface area contributed by atoms with Crippen LogP contribution in [-0.2, 0) is 41.5 Å². The monoisotopic (exact) mass is 774 g/mol. The van der Waals surface area contributed by atoms with Crippen molar-refractivity contribution in [3.8, 4) is 0 Å². The van der Waals surface area contributed by atoms with E-state index in [-0.39, 0.29) is 18.4 Å². The molecule has 53 heavy (non-hydrogen) atoms. The molecule has 2 aromatic heterocycles. The van der Waals surface area contributed by atoms with Crippen LogP contribution in [0, 0.1) is 0 Å². The Bertz CT molecular complexity index is 1610. The summed E-state index contributed by atoms with van der Waals surface area (Å²) in [6, 6.07) is 17.7. The van der Waals surface area contributed by atoms with E-state index in [2.05, 4.69) is 69.1 Å². The van der Waals surface area contributed by atoms with E-state index in [0.717, 1.165) is 98.3 Å². The summed E-state index contributed by atoms with van der Waals surface area (Å²) in [6.07, 6.45) is 3.34. The predicted octanol–water partition coefficient (Wildman–Crippen LogP) is 3.77. The van der Waals surface area contributed by atoms with Crippen molar-refractivity contribution < 1.29 is 54.2 Å². The van der Waals surface area contributed by atoms with Crippen LogP contribution >= 0.6 is 22.7 Å². The Hall–Kier alpha value is -3.60. The van der Waals surface area contributed by atoms with Crippen molar-refractivity contribution in [1.82, 2.24) is 9.80 Å². The first-order chi connectivity index (χ1) is 25.4. The minimum absolute atomic E-state index is 0.0945. The lowest BCUT2D eigenvalue weighted by Gasteiger charge is -2.35. The minimum Gasteiger partial charge on any atom is -0.481 e. The summed E-state index contributed by atoms with van der Waals surface area (Å²) in [6.45, 7) is 9.55. The van der Waals surface area contributed by atoms with Gasteiger partial charge < -0.3 is 35.0 Å². The first kappa shape index (κ1) is 43.8. The van der Waals surface area contributed by atoms with E-state index in [1.807, 2.05) is 0 Å². The molecule has 4 aromatic rings. The Balaban J connectivity index is 0.000000218. The van der Waals surface area contributed by atoms with Crippen LogP contribution in [0.2, 0.25) is 0 Å². The van der Waals surface area contributed by atoms with Gasteiger partial charge in [0.25, 0.3) is 0 Å². The van der Waals surface area contributed by atoms with Gasteiger partial charge >= 0.3 is 18.1 Å². The molecule has 0 spiro atoms. The number of aliphatic hydroxyl groups is 3. The maximum atomic E-state index is 10.0. The van der Waals surface area contributed by atoms with Crippen LogP contribution in [0.5, 0.6) is 0 Å². The number of carbonyl (C=O) groups excluding carboxylic acids is 2. The van der Waals surface area contributed by atoms with E-state index < -0.39 is 24.0 Å². The van der Waals surface area contributed by atoms with E-state index in [9.17, 15) is 19.8 Å². The number of β-amino-alcohol motifs (C(OH)–C–C–N with tert-alkyl or cyclic N) is 2. The van der Waals surface area contributed by atoms with E-state index in [4.69, 9.17) is 34.4 Å². The van der Waals surface area contributed by atoms with Gasteiger partial charge in [-0.3, -0.25) is 14.6 Å². The van der Waals surface area contributed by atoms with Crippen molar-refractivity contribution in [2.45, 2.75) is 56.8 Å². The lowest BCUT2D eigenvalue weighted by atomic mass is 10.0. The van der Waals surface area contributed by atoms with Crippen LogP contribution in [0.4, 0.5) is 0 Å². The van der Waals surface area contributed by atoms with Crippen LogP contribution in [0.25, 0.3) is 20.2 Å². The molecule has 2 aromatic carbocycles. The zero-order chi connectivity index (χ0) is 38.6. The second-order valence-electron chi connectivity index (χ2n) is 13.1. The Morgan fingerprint density at radius 1 is 0.755 bits per heavy atom. The maximum Gasteiger partial charge on any atom is 0.373 e. The number of rotatable bonds is 17. The number of hydrogen-bond acceptors (Lipinski definition) is 13. The lowest BCUT2D eigenvalue weighted by Crippen LogP contribution is -2.50. The van der Waals surface area contributed by atoms with Gasteiger partial charge in [-0.25, -0.2) is 4.79 Å². The number of hydrogen-bond donors (Lipinski definition) is 5. The van der Waals surface area contributed by atoms with Crippen LogP contribution in [0.15, 0.2) is 59.3 Å². The number of aliphatic hydroxyl groups excluding tert-OH is 2. The van der Waals surface area contributed by atoms with E-state index >= 15 is 0 Å². The number of likely N-dealkylation sites (tertiary alicyclic amines) is 2. The molecule has 2 aliphatic heterocycles. The molecule has 0 amide bonds. The molecule has 0 bridgehead atoms. The topological polar surface area (TPSA) is 194 Å². The molecule has 290 valence electrons. The molecule has 1 unspecified atom stereocenters. The highest BCUT2D eigenvalue weighted by molar-refractivity contribution is 7.17. The van der Waals surface area contributed by atoms with Crippen LogP contribution in [0.3, 0.4) is 0 Å². The fourth-order valence-electron chi connectivity index (χ4n) is 5.53. The Labute approximate surface area is 317 Å². The molecule has 2 aliphatic rings. The fourth-order valence-corrected chi connectivity index (χ4v) is 7.07. The van der Waals surface area contributed by atoms with E-state index in [0.29, 0.717) is 0 Å². The van der Waals surface area contributed by atoms with Gasteiger partial charge in [-0.15, -0.1) is 22.7 Å². The third kappa shape index (κ3) is 16.5. The molecule has 0 aliphatic carbocycles. The second kappa shape index (κ2) is 23.2. The van der Waals surface area contributed by atoms with Crippen molar-refractivity contribution >= 4 is 60.9 Å². The van der Waals surface area contributed by atoms with Crippen molar-refractivity contribution in [3.63, 3.8) is 0 Å². The molecule has 5 N–H and O–H groups in total. The average Bonchev–Trinajstić information content (AvgIpc) is 3.75. The highest BCUT2D eigenvalue weighted by Gasteiger charge is 2.32. The summed E-state index contributed by atoms with van der Waals surface area (Å²) < 4.78 is 14.1. The summed E-state index contributed by atoms with van der Waals surface area (Å²) in [5, 5.41) is 50.3. The third-order valence-electron chi connectivity index (χ3n) is 8.46. The molecule has 0 saturated carbocycles. The molecule has 4 heterocycles. The quantitative estimate of drug-likeness (QED) is 0.0975. The van der Waals surface area contributed by atoms with Gasteiger partial charge in [0.1, 0.15) is 0 Å². The summed E-state index contributed by atoms with van der Waals surface area (Å²) in [5.74, 6) is -2.87. The van der Waals surface area contributed by atoms with Crippen molar-refractivity contribution in [1.29, 1.82) is 0 Å². The summed E-state index contributed by atoms with van der Waals surface area (Å²) in [7, 11) is 0. The molecule has 15 heteroatoms. The molecule has 13 nitrogen and oxygen atoms in total. The molecule has 2 saturated heterocycles.